The standard InChI is InChI=1S/C12H14N2O3/c1-7(16-3)12(15)14-9-4-5-10-11(6-9)17-8(2)13-10/h4-7H,1-3H3,(H,14,15). The Balaban J connectivity index is 2.22. The van der Waals surface area contributed by atoms with Gasteiger partial charge in [0.2, 0.25) is 0 Å². The molecule has 5 heteroatoms. The Morgan fingerprint density at radius 3 is 3.00 bits per heavy atom. The van der Waals surface area contributed by atoms with Gasteiger partial charge in [0.05, 0.1) is 0 Å². The van der Waals surface area contributed by atoms with Gasteiger partial charge >= 0.3 is 0 Å². The molecule has 1 atom stereocenters. The highest BCUT2D eigenvalue weighted by Crippen LogP contribution is 2.19. The minimum Gasteiger partial charge on any atom is -0.441 e. The van der Waals surface area contributed by atoms with Crippen LogP contribution in [0.25, 0.3) is 11.1 Å². The lowest BCUT2D eigenvalue weighted by atomic mass is 10.2. The number of benzene rings is 1. The molecule has 1 N–H and O–H groups in total. The maximum absolute atomic E-state index is 11.6. The molecule has 1 aromatic heterocycles. The number of aryl methyl sites for hydroxylation is 1. The number of nitrogens with zero attached hydrogens (tertiary/aromatic N) is 1. The Bertz CT molecular complexity index is 548. The van der Waals surface area contributed by atoms with Crippen LogP contribution in [0.3, 0.4) is 0 Å². The fraction of sp³-hybridized carbons (Fsp3) is 0.333. The molecule has 0 bridgehead atoms. The summed E-state index contributed by atoms with van der Waals surface area (Å²) in [5.41, 5.74) is 2.10. The number of rotatable bonds is 3. The zero-order chi connectivity index (χ0) is 12.4. The van der Waals surface area contributed by atoms with Crippen molar-refractivity contribution < 1.29 is 13.9 Å². The summed E-state index contributed by atoms with van der Waals surface area (Å²) >= 11 is 0. The van der Waals surface area contributed by atoms with Crippen LogP contribution in [0, 0.1) is 6.92 Å². The number of nitrogens with one attached hydrogen (secondary N) is 1. The number of methoxy groups -OCH3 is 1. The Morgan fingerprint density at radius 2 is 2.29 bits per heavy atom. The first-order valence-corrected chi connectivity index (χ1v) is 5.31. The van der Waals surface area contributed by atoms with Gasteiger partial charge < -0.3 is 14.5 Å². The van der Waals surface area contributed by atoms with Crippen LogP contribution in [-0.2, 0) is 9.53 Å². The zero-order valence-corrected chi connectivity index (χ0v) is 9.98. The predicted octanol–water partition coefficient (Wildman–Crippen LogP) is 2.11. The Labute approximate surface area is 98.8 Å². The van der Waals surface area contributed by atoms with Gasteiger partial charge in [-0.1, -0.05) is 0 Å². The smallest absolute Gasteiger partial charge is 0.253 e. The molecule has 1 heterocycles. The summed E-state index contributed by atoms with van der Waals surface area (Å²) in [6, 6.07) is 5.33. The second-order valence-corrected chi connectivity index (χ2v) is 3.78. The van der Waals surface area contributed by atoms with Crippen molar-refractivity contribution in [3.63, 3.8) is 0 Å². The van der Waals surface area contributed by atoms with Crippen molar-refractivity contribution in [3.8, 4) is 0 Å². The number of carbonyl (C=O) groups excluding carboxylic acids is 1. The predicted molar refractivity (Wildman–Crippen MR) is 63.8 cm³/mol. The Hall–Kier alpha value is -1.88. The number of amides is 1. The van der Waals surface area contributed by atoms with Crippen LogP contribution >= 0.6 is 0 Å². The SMILES string of the molecule is COC(C)C(=O)Nc1ccc2nc(C)oc2c1. The van der Waals surface area contributed by atoms with E-state index >= 15 is 0 Å². The third kappa shape index (κ3) is 2.45. The van der Waals surface area contributed by atoms with Crippen molar-refractivity contribution >= 4 is 22.7 Å². The number of hydrogen-bond donors (Lipinski definition) is 1. The van der Waals surface area contributed by atoms with Crippen LogP contribution in [0.1, 0.15) is 12.8 Å². The van der Waals surface area contributed by atoms with E-state index in [9.17, 15) is 4.79 Å². The van der Waals surface area contributed by atoms with Gasteiger partial charge in [-0.25, -0.2) is 4.98 Å². The van der Waals surface area contributed by atoms with E-state index in [1.807, 2.05) is 0 Å². The molecule has 0 aliphatic carbocycles. The number of anilines is 1. The average molecular weight is 234 g/mol. The van der Waals surface area contributed by atoms with Crippen molar-refractivity contribution in [2.45, 2.75) is 20.0 Å². The zero-order valence-electron chi connectivity index (χ0n) is 9.98. The van der Waals surface area contributed by atoms with Gasteiger partial charge in [0.25, 0.3) is 5.91 Å². The second kappa shape index (κ2) is 4.55. The highest BCUT2D eigenvalue weighted by molar-refractivity contribution is 5.95. The van der Waals surface area contributed by atoms with Crippen molar-refractivity contribution in [2.24, 2.45) is 0 Å². The molecule has 90 valence electrons. The molecule has 1 aromatic carbocycles. The van der Waals surface area contributed by atoms with Crippen molar-refractivity contribution in [1.29, 1.82) is 0 Å². The van der Waals surface area contributed by atoms with Crippen molar-refractivity contribution in [2.75, 3.05) is 12.4 Å². The molecule has 1 amide bonds. The highest BCUT2D eigenvalue weighted by Gasteiger charge is 2.12. The van der Waals surface area contributed by atoms with E-state index in [0.29, 0.717) is 17.2 Å². The number of ether oxygens (including phenoxy) is 1. The number of carbonyl (C=O) groups is 1. The molecule has 0 aliphatic heterocycles. The second-order valence-electron chi connectivity index (χ2n) is 3.78. The molecule has 0 saturated carbocycles. The third-order valence-corrected chi connectivity index (χ3v) is 2.49. The van der Waals surface area contributed by atoms with E-state index in [1.54, 1.807) is 32.0 Å². The van der Waals surface area contributed by atoms with Gasteiger partial charge in [0.15, 0.2) is 11.5 Å². The van der Waals surface area contributed by atoms with E-state index in [2.05, 4.69) is 10.3 Å². The summed E-state index contributed by atoms with van der Waals surface area (Å²) in [5, 5.41) is 2.74. The van der Waals surface area contributed by atoms with E-state index < -0.39 is 6.10 Å². The lowest BCUT2D eigenvalue weighted by molar-refractivity contribution is -0.124. The topological polar surface area (TPSA) is 64.4 Å². The summed E-state index contributed by atoms with van der Waals surface area (Å²) in [6.07, 6.45) is -0.484. The highest BCUT2D eigenvalue weighted by atomic mass is 16.5. The molecule has 5 nitrogen and oxygen atoms in total. The number of aromatic nitrogens is 1. The van der Waals surface area contributed by atoms with Crippen molar-refractivity contribution in [1.82, 2.24) is 4.98 Å². The number of fused-ring (bicyclic) bond motifs is 1. The minimum absolute atomic E-state index is 0.192. The van der Waals surface area contributed by atoms with Crippen LogP contribution in [0.5, 0.6) is 0 Å². The van der Waals surface area contributed by atoms with Gasteiger partial charge in [0, 0.05) is 25.8 Å². The lowest BCUT2D eigenvalue weighted by Gasteiger charge is -2.09. The van der Waals surface area contributed by atoms with Gasteiger partial charge in [-0.05, 0) is 19.1 Å². The molecule has 2 rings (SSSR count). The van der Waals surface area contributed by atoms with Crippen LogP contribution in [0.4, 0.5) is 5.69 Å². The quantitative estimate of drug-likeness (QED) is 0.883. The van der Waals surface area contributed by atoms with E-state index in [4.69, 9.17) is 9.15 Å². The fourth-order valence-electron chi connectivity index (χ4n) is 1.47. The van der Waals surface area contributed by atoms with Crippen LogP contribution in [0.2, 0.25) is 0 Å². The lowest BCUT2D eigenvalue weighted by Crippen LogP contribution is -2.26. The van der Waals surface area contributed by atoms with Gasteiger partial charge in [0.1, 0.15) is 11.6 Å². The largest absolute Gasteiger partial charge is 0.441 e. The monoisotopic (exact) mass is 234 g/mol. The Kier molecular flexibility index (Phi) is 3.10. The Morgan fingerprint density at radius 1 is 1.53 bits per heavy atom. The summed E-state index contributed by atoms with van der Waals surface area (Å²) in [6.45, 7) is 3.47. The molecule has 0 spiro atoms. The molecule has 17 heavy (non-hydrogen) atoms. The normalized spacial score (nSPS) is 12.6. The third-order valence-electron chi connectivity index (χ3n) is 2.49. The van der Waals surface area contributed by atoms with Crippen molar-refractivity contribution in [3.05, 3.63) is 24.1 Å². The first-order chi connectivity index (χ1) is 8.10. The summed E-state index contributed by atoms with van der Waals surface area (Å²) in [5.74, 6) is 0.414. The number of oxazole rings is 1. The first-order valence-electron chi connectivity index (χ1n) is 5.31. The fourth-order valence-corrected chi connectivity index (χ4v) is 1.47. The van der Waals surface area contributed by atoms with E-state index in [-0.39, 0.29) is 5.91 Å². The van der Waals surface area contributed by atoms with Gasteiger partial charge in [-0.2, -0.15) is 0 Å². The van der Waals surface area contributed by atoms with E-state index in [1.165, 1.54) is 7.11 Å². The molecule has 1 unspecified atom stereocenters. The molecular weight excluding hydrogens is 220 g/mol. The molecule has 0 aliphatic rings. The average Bonchev–Trinajstić information content (AvgIpc) is 2.67. The maximum Gasteiger partial charge on any atom is 0.253 e. The molecule has 2 aromatic rings. The molecule has 0 saturated heterocycles. The summed E-state index contributed by atoms with van der Waals surface area (Å²) in [7, 11) is 1.49. The molecule has 0 radical (unpaired) electrons. The molecular formula is C12H14N2O3. The first kappa shape index (κ1) is 11.6. The van der Waals surface area contributed by atoms with Crippen LogP contribution in [-0.4, -0.2) is 24.1 Å². The van der Waals surface area contributed by atoms with Crippen LogP contribution in [0.15, 0.2) is 22.6 Å². The molecule has 0 fully saturated rings. The number of hydrogen-bond acceptors (Lipinski definition) is 4. The van der Waals surface area contributed by atoms with E-state index in [0.717, 1.165) is 5.52 Å². The van der Waals surface area contributed by atoms with Gasteiger partial charge in [-0.15, -0.1) is 0 Å². The maximum atomic E-state index is 11.6. The van der Waals surface area contributed by atoms with Gasteiger partial charge in [-0.3, -0.25) is 4.79 Å². The summed E-state index contributed by atoms with van der Waals surface area (Å²) in [4.78, 5) is 15.8. The van der Waals surface area contributed by atoms with Crippen LogP contribution < -0.4 is 5.32 Å². The minimum atomic E-state index is -0.484. The summed E-state index contributed by atoms with van der Waals surface area (Å²) < 4.78 is 10.3.